The van der Waals surface area contributed by atoms with Crippen LogP contribution in [0.15, 0.2) is 12.3 Å². The summed E-state index contributed by atoms with van der Waals surface area (Å²) in [6.45, 7) is 0.288. The van der Waals surface area contributed by atoms with Crippen molar-refractivity contribution in [3.05, 3.63) is 12.3 Å². The predicted molar refractivity (Wildman–Crippen MR) is 47.0 cm³/mol. The van der Waals surface area contributed by atoms with Crippen LogP contribution in [0.4, 0.5) is 19.0 Å². The van der Waals surface area contributed by atoms with Crippen LogP contribution in [-0.2, 0) is 7.05 Å². The molecule has 0 bridgehead atoms. The standard InChI is InChI=1S/C8H12F3N3/c1-14-6-3-7(13-14)12-5-2-4-8(9,10)11/h3,6H,2,4-5H2,1H3,(H,12,13). The van der Waals surface area contributed by atoms with E-state index in [1.807, 2.05) is 0 Å². The van der Waals surface area contributed by atoms with Crippen molar-refractivity contribution >= 4 is 5.82 Å². The molecule has 80 valence electrons. The molecule has 0 saturated heterocycles. The zero-order chi connectivity index (χ0) is 10.6. The smallest absolute Gasteiger partial charge is 0.369 e. The zero-order valence-corrected chi connectivity index (χ0v) is 7.80. The van der Waals surface area contributed by atoms with E-state index in [1.165, 1.54) is 0 Å². The molecule has 0 aliphatic heterocycles. The number of aryl methyl sites for hydroxylation is 1. The predicted octanol–water partition coefficient (Wildman–Crippen LogP) is 2.17. The maximum atomic E-state index is 11.7. The Bertz CT molecular complexity index is 280. The van der Waals surface area contributed by atoms with Crippen molar-refractivity contribution in [1.82, 2.24) is 9.78 Å². The molecule has 0 spiro atoms. The minimum atomic E-state index is -4.06. The fraction of sp³-hybridized carbons (Fsp3) is 0.625. The van der Waals surface area contributed by atoms with Crippen LogP contribution in [0.25, 0.3) is 0 Å². The molecule has 0 radical (unpaired) electrons. The van der Waals surface area contributed by atoms with Crippen LogP contribution in [0.2, 0.25) is 0 Å². The van der Waals surface area contributed by atoms with E-state index in [-0.39, 0.29) is 13.0 Å². The van der Waals surface area contributed by atoms with Gasteiger partial charge in [0.1, 0.15) is 5.82 Å². The highest BCUT2D eigenvalue weighted by atomic mass is 19.4. The van der Waals surface area contributed by atoms with Gasteiger partial charge in [-0.3, -0.25) is 4.68 Å². The number of nitrogens with zero attached hydrogens (tertiary/aromatic N) is 2. The Hall–Kier alpha value is -1.20. The van der Waals surface area contributed by atoms with Gasteiger partial charge in [-0.1, -0.05) is 0 Å². The number of halogens is 3. The fourth-order valence-electron chi connectivity index (χ4n) is 1.01. The van der Waals surface area contributed by atoms with Crippen LogP contribution in [0.3, 0.4) is 0 Å². The lowest BCUT2D eigenvalue weighted by atomic mass is 10.3. The normalized spacial score (nSPS) is 11.7. The topological polar surface area (TPSA) is 29.9 Å². The lowest BCUT2D eigenvalue weighted by Crippen LogP contribution is -2.11. The third-order valence-corrected chi connectivity index (χ3v) is 1.66. The molecule has 0 amide bonds. The molecule has 0 unspecified atom stereocenters. The Morgan fingerprint density at radius 2 is 2.21 bits per heavy atom. The number of anilines is 1. The van der Waals surface area contributed by atoms with Crippen LogP contribution in [-0.4, -0.2) is 22.5 Å². The van der Waals surface area contributed by atoms with E-state index in [2.05, 4.69) is 10.4 Å². The van der Waals surface area contributed by atoms with Gasteiger partial charge in [-0.15, -0.1) is 0 Å². The number of hydrogen-bond acceptors (Lipinski definition) is 2. The Balaban J connectivity index is 2.16. The molecule has 0 fully saturated rings. The first kappa shape index (κ1) is 10.9. The summed E-state index contributed by atoms with van der Waals surface area (Å²) < 4.78 is 36.8. The van der Waals surface area contributed by atoms with E-state index >= 15 is 0 Å². The van der Waals surface area contributed by atoms with E-state index in [9.17, 15) is 13.2 Å². The van der Waals surface area contributed by atoms with Crippen molar-refractivity contribution in [2.45, 2.75) is 19.0 Å². The van der Waals surface area contributed by atoms with Gasteiger partial charge < -0.3 is 5.32 Å². The third-order valence-electron chi connectivity index (χ3n) is 1.66. The average Bonchev–Trinajstić information content (AvgIpc) is 2.44. The molecule has 0 aromatic carbocycles. The van der Waals surface area contributed by atoms with Gasteiger partial charge in [0, 0.05) is 32.3 Å². The molecule has 1 N–H and O–H groups in total. The van der Waals surface area contributed by atoms with Crippen LogP contribution < -0.4 is 5.32 Å². The van der Waals surface area contributed by atoms with Crippen molar-refractivity contribution in [2.24, 2.45) is 7.05 Å². The van der Waals surface area contributed by atoms with Crippen LogP contribution in [0.1, 0.15) is 12.8 Å². The molecule has 0 aliphatic carbocycles. The Morgan fingerprint density at radius 3 is 2.71 bits per heavy atom. The van der Waals surface area contributed by atoms with E-state index < -0.39 is 12.6 Å². The minimum Gasteiger partial charge on any atom is -0.369 e. The summed E-state index contributed by atoms with van der Waals surface area (Å²) in [6, 6.07) is 1.72. The molecule has 0 atom stereocenters. The average molecular weight is 207 g/mol. The largest absolute Gasteiger partial charge is 0.389 e. The molecular formula is C8H12F3N3. The molecule has 3 nitrogen and oxygen atoms in total. The second-order valence-corrected chi connectivity index (χ2v) is 3.02. The summed E-state index contributed by atoms with van der Waals surface area (Å²) in [6.07, 6.45) is -3.02. The lowest BCUT2D eigenvalue weighted by molar-refractivity contribution is -0.134. The SMILES string of the molecule is Cn1ccc(NCCCC(F)(F)F)n1. The number of aromatic nitrogens is 2. The van der Waals surface area contributed by atoms with Crippen molar-refractivity contribution in [2.75, 3.05) is 11.9 Å². The molecule has 1 aromatic heterocycles. The Kier molecular flexibility index (Phi) is 3.38. The third kappa shape index (κ3) is 4.15. The summed E-state index contributed by atoms with van der Waals surface area (Å²) >= 11 is 0. The van der Waals surface area contributed by atoms with Gasteiger partial charge in [-0.05, 0) is 6.42 Å². The van der Waals surface area contributed by atoms with Gasteiger partial charge in [0.2, 0.25) is 0 Å². The second kappa shape index (κ2) is 4.34. The highest BCUT2D eigenvalue weighted by Crippen LogP contribution is 2.20. The first-order chi connectivity index (χ1) is 6.47. The summed E-state index contributed by atoms with van der Waals surface area (Å²) in [5, 5.41) is 6.78. The van der Waals surface area contributed by atoms with Crippen molar-refractivity contribution in [3.63, 3.8) is 0 Å². The highest BCUT2D eigenvalue weighted by Gasteiger charge is 2.25. The molecule has 6 heteroatoms. The molecule has 14 heavy (non-hydrogen) atoms. The van der Waals surface area contributed by atoms with Gasteiger partial charge in [-0.25, -0.2) is 0 Å². The minimum absolute atomic E-state index is 0.0695. The molecule has 1 rings (SSSR count). The highest BCUT2D eigenvalue weighted by molar-refractivity contribution is 5.31. The van der Waals surface area contributed by atoms with Crippen molar-refractivity contribution < 1.29 is 13.2 Å². The van der Waals surface area contributed by atoms with Crippen molar-refractivity contribution in [3.8, 4) is 0 Å². The first-order valence-electron chi connectivity index (χ1n) is 4.28. The number of alkyl halides is 3. The quantitative estimate of drug-likeness (QED) is 0.767. The number of nitrogens with one attached hydrogen (secondary N) is 1. The van der Waals surface area contributed by atoms with Crippen LogP contribution in [0, 0.1) is 0 Å². The fourth-order valence-corrected chi connectivity index (χ4v) is 1.01. The van der Waals surface area contributed by atoms with Gasteiger partial charge >= 0.3 is 6.18 Å². The Labute approximate surface area is 79.9 Å². The van der Waals surface area contributed by atoms with Gasteiger partial charge in [0.25, 0.3) is 0 Å². The molecule has 1 aromatic rings. The van der Waals surface area contributed by atoms with Gasteiger partial charge in [0.05, 0.1) is 0 Å². The van der Waals surface area contributed by atoms with Crippen LogP contribution in [0.5, 0.6) is 0 Å². The van der Waals surface area contributed by atoms with Crippen molar-refractivity contribution in [1.29, 1.82) is 0 Å². The van der Waals surface area contributed by atoms with E-state index in [0.29, 0.717) is 5.82 Å². The molecule has 0 aliphatic rings. The summed E-state index contributed by atoms with van der Waals surface area (Å²) in [4.78, 5) is 0. The van der Waals surface area contributed by atoms with Gasteiger partial charge in [-0.2, -0.15) is 18.3 Å². The van der Waals surface area contributed by atoms with E-state index in [0.717, 1.165) is 0 Å². The summed E-state index contributed by atoms with van der Waals surface area (Å²) in [7, 11) is 1.75. The van der Waals surface area contributed by atoms with Gasteiger partial charge in [0.15, 0.2) is 0 Å². The monoisotopic (exact) mass is 207 g/mol. The van der Waals surface area contributed by atoms with E-state index in [1.54, 1.807) is 24.0 Å². The maximum absolute atomic E-state index is 11.7. The summed E-state index contributed by atoms with van der Waals surface area (Å²) in [5.74, 6) is 0.606. The second-order valence-electron chi connectivity index (χ2n) is 3.02. The molecular weight excluding hydrogens is 195 g/mol. The first-order valence-corrected chi connectivity index (χ1v) is 4.28. The molecule has 0 saturated carbocycles. The number of rotatable bonds is 4. The Morgan fingerprint density at radius 1 is 1.50 bits per heavy atom. The number of hydrogen-bond donors (Lipinski definition) is 1. The summed E-state index contributed by atoms with van der Waals surface area (Å²) in [5.41, 5.74) is 0. The maximum Gasteiger partial charge on any atom is 0.389 e. The molecule has 1 heterocycles. The van der Waals surface area contributed by atoms with Crippen LogP contribution >= 0.6 is 0 Å². The lowest BCUT2D eigenvalue weighted by Gasteiger charge is -2.06. The zero-order valence-electron chi connectivity index (χ0n) is 7.80. The van der Waals surface area contributed by atoms with E-state index in [4.69, 9.17) is 0 Å².